The third-order valence-corrected chi connectivity index (χ3v) is 3.60. The molecular formula is C18H19N5O2. The van der Waals surface area contributed by atoms with Crippen LogP contribution in [0.4, 0.5) is 5.82 Å². The standard InChI is InChI=1S/C18H19N5O2/c1-12-6-4-5-7-15(12)25-10-18(24)21-16-9-17(20-11-19-16)23-14(3)8-13(2)22-23/h4-9,11H,10H2,1-3H3,(H,19,20,21,24). The van der Waals surface area contributed by atoms with Crippen molar-refractivity contribution < 1.29 is 9.53 Å². The highest BCUT2D eigenvalue weighted by Gasteiger charge is 2.09. The normalized spacial score (nSPS) is 10.5. The largest absolute Gasteiger partial charge is 0.483 e. The fraction of sp³-hybridized carbons (Fsp3) is 0.222. The smallest absolute Gasteiger partial charge is 0.263 e. The molecule has 2 aromatic heterocycles. The molecule has 3 rings (SSSR count). The minimum atomic E-state index is -0.290. The maximum atomic E-state index is 12.1. The molecule has 1 aromatic carbocycles. The van der Waals surface area contributed by atoms with Crippen LogP contribution in [0.1, 0.15) is 17.0 Å². The lowest BCUT2D eigenvalue weighted by atomic mass is 10.2. The molecule has 25 heavy (non-hydrogen) atoms. The molecule has 7 heteroatoms. The van der Waals surface area contributed by atoms with Crippen LogP contribution in [0, 0.1) is 20.8 Å². The van der Waals surface area contributed by atoms with Gasteiger partial charge in [-0.05, 0) is 38.5 Å². The minimum absolute atomic E-state index is 0.0932. The van der Waals surface area contributed by atoms with E-state index in [0.29, 0.717) is 17.4 Å². The van der Waals surface area contributed by atoms with Crippen molar-refractivity contribution in [1.82, 2.24) is 19.7 Å². The summed E-state index contributed by atoms with van der Waals surface area (Å²) in [7, 11) is 0. The zero-order valence-electron chi connectivity index (χ0n) is 14.4. The highest BCUT2D eigenvalue weighted by atomic mass is 16.5. The Morgan fingerprint density at radius 1 is 1.16 bits per heavy atom. The van der Waals surface area contributed by atoms with Crippen LogP contribution in [-0.4, -0.2) is 32.3 Å². The van der Waals surface area contributed by atoms with Gasteiger partial charge in [-0.2, -0.15) is 5.10 Å². The van der Waals surface area contributed by atoms with E-state index in [2.05, 4.69) is 20.4 Å². The van der Waals surface area contributed by atoms with Crippen molar-refractivity contribution in [1.29, 1.82) is 0 Å². The Morgan fingerprint density at radius 3 is 2.68 bits per heavy atom. The van der Waals surface area contributed by atoms with E-state index in [1.54, 1.807) is 10.7 Å². The number of hydrogen-bond donors (Lipinski definition) is 1. The quantitative estimate of drug-likeness (QED) is 0.774. The van der Waals surface area contributed by atoms with Gasteiger partial charge in [-0.25, -0.2) is 14.6 Å². The Bertz CT molecular complexity index is 904. The molecule has 0 saturated heterocycles. The maximum Gasteiger partial charge on any atom is 0.263 e. The van der Waals surface area contributed by atoms with E-state index in [1.807, 2.05) is 51.1 Å². The number of hydrogen-bond acceptors (Lipinski definition) is 5. The number of carbonyl (C=O) groups excluding carboxylic acids is 1. The van der Waals surface area contributed by atoms with E-state index < -0.39 is 0 Å². The molecule has 3 aromatic rings. The average Bonchev–Trinajstić information content (AvgIpc) is 2.93. The van der Waals surface area contributed by atoms with E-state index >= 15 is 0 Å². The number of amides is 1. The molecule has 0 fully saturated rings. The van der Waals surface area contributed by atoms with Crippen LogP contribution in [0.2, 0.25) is 0 Å². The van der Waals surface area contributed by atoms with Gasteiger partial charge >= 0.3 is 0 Å². The molecule has 1 N–H and O–H groups in total. The Kier molecular flexibility index (Phi) is 4.74. The second-order valence-corrected chi connectivity index (χ2v) is 5.70. The van der Waals surface area contributed by atoms with Crippen LogP contribution in [0.5, 0.6) is 5.75 Å². The van der Waals surface area contributed by atoms with E-state index in [1.165, 1.54) is 6.33 Å². The lowest BCUT2D eigenvalue weighted by molar-refractivity contribution is -0.118. The number of benzene rings is 1. The van der Waals surface area contributed by atoms with Gasteiger partial charge in [0.25, 0.3) is 5.91 Å². The van der Waals surface area contributed by atoms with Gasteiger partial charge in [0.05, 0.1) is 5.69 Å². The van der Waals surface area contributed by atoms with Crippen molar-refractivity contribution in [3.05, 3.63) is 59.7 Å². The summed E-state index contributed by atoms with van der Waals surface area (Å²) in [5.41, 5.74) is 2.83. The Hall–Kier alpha value is -3.22. The number of carbonyl (C=O) groups is 1. The zero-order valence-corrected chi connectivity index (χ0v) is 14.4. The van der Waals surface area contributed by atoms with Crippen molar-refractivity contribution in [2.75, 3.05) is 11.9 Å². The van der Waals surface area contributed by atoms with Gasteiger partial charge in [0, 0.05) is 11.8 Å². The first-order chi connectivity index (χ1) is 12.0. The van der Waals surface area contributed by atoms with Crippen molar-refractivity contribution in [2.45, 2.75) is 20.8 Å². The molecule has 0 radical (unpaired) electrons. The summed E-state index contributed by atoms with van der Waals surface area (Å²) in [6, 6.07) is 11.2. The van der Waals surface area contributed by atoms with Gasteiger partial charge < -0.3 is 10.1 Å². The molecule has 128 valence electrons. The summed E-state index contributed by atoms with van der Waals surface area (Å²) in [6.45, 7) is 5.69. The van der Waals surface area contributed by atoms with Gasteiger partial charge in [0.2, 0.25) is 0 Å². The number of aromatic nitrogens is 4. The monoisotopic (exact) mass is 337 g/mol. The molecule has 0 saturated carbocycles. The molecule has 1 amide bonds. The number of nitrogens with one attached hydrogen (secondary N) is 1. The van der Waals surface area contributed by atoms with Gasteiger partial charge in [-0.15, -0.1) is 0 Å². The zero-order chi connectivity index (χ0) is 17.8. The third kappa shape index (κ3) is 4.00. The number of anilines is 1. The molecule has 0 bridgehead atoms. The lowest BCUT2D eigenvalue weighted by Gasteiger charge is -2.09. The number of aryl methyl sites for hydroxylation is 3. The van der Waals surface area contributed by atoms with Crippen LogP contribution in [-0.2, 0) is 4.79 Å². The average molecular weight is 337 g/mol. The highest BCUT2D eigenvalue weighted by Crippen LogP contribution is 2.16. The van der Waals surface area contributed by atoms with E-state index in [-0.39, 0.29) is 12.5 Å². The minimum Gasteiger partial charge on any atom is -0.483 e. The topological polar surface area (TPSA) is 81.9 Å². The molecule has 0 unspecified atom stereocenters. The summed E-state index contributed by atoms with van der Waals surface area (Å²) >= 11 is 0. The van der Waals surface area contributed by atoms with Crippen LogP contribution in [0.15, 0.2) is 42.7 Å². The van der Waals surface area contributed by atoms with E-state index in [0.717, 1.165) is 17.0 Å². The second-order valence-electron chi connectivity index (χ2n) is 5.70. The number of nitrogens with zero attached hydrogens (tertiary/aromatic N) is 4. The summed E-state index contributed by atoms with van der Waals surface area (Å²) in [5, 5.41) is 7.09. The first-order valence-corrected chi connectivity index (χ1v) is 7.87. The van der Waals surface area contributed by atoms with Crippen LogP contribution in [0.25, 0.3) is 5.82 Å². The predicted octanol–water partition coefficient (Wildman–Crippen LogP) is 2.61. The summed E-state index contributed by atoms with van der Waals surface area (Å²) in [4.78, 5) is 20.4. The first kappa shape index (κ1) is 16.6. The van der Waals surface area contributed by atoms with Crippen molar-refractivity contribution >= 4 is 11.7 Å². The van der Waals surface area contributed by atoms with Crippen molar-refractivity contribution in [3.63, 3.8) is 0 Å². The molecule has 2 heterocycles. The van der Waals surface area contributed by atoms with Crippen LogP contribution in [0.3, 0.4) is 0 Å². The SMILES string of the molecule is Cc1cc(C)n(-c2cc(NC(=O)COc3ccccc3C)ncn2)n1. The predicted molar refractivity (Wildman–Crippen MR) is 93.9 cm³/mol. The van der Waals surface area contributed by atoms with Crippen molar-refractivity contribution in [2.24, 2.45) is 0 Å². The summed E-state index contributed by atoms with van der Waals surface area (Å²) in [6.07, 6.45) is 1.39. The Labute approximate surface area is 145 Å². The Morgan fingerprint density at radius 2 is 1.96 bits per heavy atom. The molecule has 0 aliphatic carbocycles. The van der Waals surface area contributed by atoms with Crippen LogP contribution >= 0.6 is 0 Å². The van der Waals surface area contributed by atoms with Crippen LogP contribution < -0.4 is 10.1 Å². The van der Waals surface area contributed by atoms with Gasteiger partial charge in [0.1, 0.15) is 17.9 Å². The first-order valence-electron chi connectivity index (χ1n) is 7.87. The van der Waals surface area contributed by atoms with Gasteiger partial charge in [0.15, 0.2) is 12.4 Å². The second kappa shape index (κ2) is 7.12. The van der Waals surface area contributed by atoms with Gasteiger partial charge in [-0.3, -0.25) is 4.79 Å². The number of rotatable bonds is 5. The molecule has 0 aliphatic rings. The van der Waals surface area contributed by atoms with Gasteiger partial charge in [-0.1, -0.05) is 18.2 Å². The summed E-state index contributed by atoms with van der Waals surface area (Å²) < 4.78 is 7.24. The molecule has 0 atom stereocenters. The summed E-state index contributed by atoms with van der Waals surface area (Å²) in [5.74, 6) is 1.39. The van der Waals surface area contributed by atoms with Crippen molar-refractivity contribution in [3.8, 4) is 11.6 Å². The van der Waals surface area contributed by atoms with E-state index in [9.17, 15) is 4.79 Å². The highest BCUT2D eigenvalue weighted by molar-refractivity contribution is 5.91. The molecule has 0 spiro atoms. The number of para-hydroxylation sites is 1. The fourth-order valence-corrected chi connectivity index (χ4v) is 2.43. The Balaban J connectivity index is 1.67. The maximum absolute atomic E-state index is 12.1. The number of ether oxygens (including phenoxy) is 1. The molecular weight excluding hydrogens is 318 g/mol. The molecule has 0 aliphatic heterocycles. The fourth-order valence-electron chi connectivity index (χ4n) is 2.43. The van der Waals surface area contributed by atoms with E-state index in [4.69, 9.17) is 4.74 Å². The lowest BCUT2D eigenvalue weighted by Crippen LogP contribution is -2.21. The molecule has 7 nitrogen and oxygen atoms in total. The third-order valence-electron chi connectivity index (χ3n) is 3.60.